The molecule has 3 heterocycles. The highest BCUT2D eigenvalue weighted by atomic mass is 16.6. The fraction of sp³-hybridized carbons (Fsp3) is 0.690. The minimum atomic E-state index is -1.37. The lowest BCUT2D eigenvalue weighted by Gasteiger charge is -2.58. The van der Waals surface area contributed by atoms with Crippen LogP contribution in [0.4, 0.5) is 0 Å². The van der Waals surface area contributed by atoms with Gasteiger partial charge in [-0.05, 0) is 31.6 Å². The van der Waals surface area contributed by atoms with Crippen LogP contribution in [0.1, 0.15) is 59.3 Å². The molecule has 38 heavy (non-hydrogen) atoms. The van der Waals surface area contributed by atoms with Crippen LogP contribution in [0.15, 0.2) is 36.0 Å². The first-order valence-corrected chi connectivity index (χ1v) is 13.7. The monoisotopic (exact) mass is 530 g/mol. The van der Waals surface area contributed by atoms with Crippen LogP contribution in [0.5, 0.6) is 0 Å². The van der Waals surface area contributed by atoms with Gasteiger partial charge in [-0.15, -0.1) is 0 Å². The summed E-state index contributed by atoms with van der Waals surface area (Å²) in [4.78, 5) is 37.9. The lowest BCUT2D eigenvalue weighted by molar-refractivity contribution is -0.234. The Morgan fingerprint density at radius 1 is 1.11 bits per heavy atom. The largest absolute Gasteiger partial charge is 0.465 e. The third kappa shape index (κ3) is 4.32. The molecule has 0 amide bonds. The Morgan fingerprint density at radius 2 is 1.89 bits per heavy atom. The number of carbonyl (C=O) groups is 3. The van der Waals surface area contributed by atoms with Crippen LogP contribution in [-0.2, 0) is 38.1 Å². The predicted octanol–water partition coefficient (Wildman–Crippen LogP) is 2.95. The summed E-state index contributed by atoms with van der Waals surface area (Å²) in [7, 11) is 0. The van der Waals surface area contributed by atoms with Crippen molar-refractivity contribution in [2.45, 2.75) is 89.3 Å². The first kappa shape index (κ1) is 27.1. The van der Waals surface area contributed by atoms with Crippen molar-refractivity contribution < 1.29 is 43.2 Å². The highest BCUT2D eigenvalue weighted by Gasteiger charge is 2.83. The third-order valence-electron chi connectivity index (χ3n) is 9.66. The Balaban J connectivity index is 1.50. The maximum Gasteiger partial charge on any atom is 0.335 e. The number of hydrogen-bond donors (Lipinski definition) is 1. The molecule has 2 saturated heterocycles. The van der Waals surface area contributed by atoms with Crippen molar-refractivity contribution in [2.75, 3.05) is 19.8 Å². The molecule has 2 aliphatic carbocycles. The molecular formula is C29H38O9. The van der Waals surface area contributed by atoms with Gasteiger partial charge in [0.15, 0.2) is 6.10 Å². The predicted molar refractivity (Wildman–Crippen MR) is 135 cm³/mol. The average Bonchev–Trinajstić information content (AvgIpc) is 3.68. The minimum Gasteiger partial charge on any atom is -0.465 e. The van der Waals surface area contributed by atoms with E-state index in [1.165, 1.54) is 11.6 Å². The van der Waals surface area contributed by atoms with Gasteiger partial charge >= 0.3 is 17.9 Å². The molecule has 2 bridgehead atoms. The lowest BCUT2D eigenvalue weighted by Crippen LogP contribution is -2.67. The first-order chi connectivity index (χ1) is 18.2. The van der Waals surface area contributed by atoms with Crippen LogP contribution < -0.4 is 0 Å². The lowest BCUT2D eigenvalue weighted by atomic mass is 9.51. The zero-order valence-electron chi connectivity index (χ0n) is 22.4. The molecule has 9 nitrogen and oxygen atoms in total. The van der Waals surface area contributed by atoms with Gasteiger partial charge < -0.3 is 28.8 Å². The van der Waals surface area contributed by atoms with E-state index in [1.807, 2.05) is 0 Å². The third-order valence-corrected chi connectivity index (χ3v) is 9.66. The number of allylic oxidation sites excluding steroid dienone is 3. The summed E-state index contributed by atoms with van der Waals surface area (Å²) in [6, 6.07) is 0. The molecule has 0 aromatic rings. The smallest absolute Gasteiger partial charge is 0.335 e. The molecule has 5 rings (SSSR count). The molecule has 3 aliphatic heterocycles. The summed E-state index contributed by atoms with van der Waals surface area (Å²) >= 11 is 0. The second-order valence-electron chi connectivity index (χ2n) is 11.5. The summed E-state index contributed by atoms with van der Waals surface area (Å²) in [5.41, 5.74) is -0.724. The maximum absolute atomic E-state index is 13.0. The highest BCUT2D eigenvalue weighted by molar-refractivity contribution is 5.82. The molecule has 0 radical (unpaired) electrons. The Labute approximate surface area is 223 Å². The van der Waals surface area contributed by atoms with Crippen molar-refractivity contribution in [3.8, 4) is 0 Å². The van der Waals surface area contributed by atoms with E-state index in [4.69, 9.17) is 23.7 Å². The van der Waals surface area contributed by atoms with Gasteiger partial charge in [0.1, 0.15) is 18.3 Å². The summed E-state index contributed by atoms with van der Waals surface area (Å²) < 4.78 is 29.9. The van der Waals surface area contributed by atoms with Gasteiger partial charge in [-0.2, -0.15) is 0 Å². The average molecular weight is 531 g/mol. The van der Waals surface area contributed by atoms with Crippen molar-refractivity contribution in [1.29, 1.82) is 0 Å². The van der Waals surface area contributed by atoms with Crippen LogP contribution in [0.2, 0.25) is 0 Å². The van der Waals surface area contributed by atoms with E-state index >= 15 is 0 Å². The Morgan fingerprint density at radius 3 is 2.63 bits per heavy atom. The van der Waals surface area contributed by atoms with E-state index in [0.717, 1.165) is 12.8 Å². The fourth-order valence-electron chi connectivity index (χ4n) is 7.00. The Bertz CT molecular complexity index is 1060. The number of hydrogen-bond acceptors (Lipinski definition) is 9. The number of ether oxygens (including phenoxy) is 5. The molecule has 1 N–H and O–H groups in total. The minimum absolute atomic E-state index is 0.00369. The van der Waals surface area contributed by atoms with Gasteiger partial charge in [0.2, 0.25) is 0 Å². The molecule has 3 fully saturated rings. The van der Waals surface area contributed by atoms with Crippen molar-refractivity contribution in [1.82, 2.24) is 0 Å². The van der Waals surface area contributed by atoms with Gasteiger partial charge in [0, 0.05) is 17.9 Å². The number of epoxide rings is 1. The van der Waals surface area contributed by atoms with E-state index in [0.29, 0.717) is 25.9 Å². The summed E-state index contributed by atoms with van der Waals surface area (Å²) in [5.74, 6) is -2.14. The summed E-state index contributed by atoms with van der Waals surface area (Å²) in [5, 5.41) is 10.7. The van der Waals surface area contributed by atoms with E-state index in [1.54, 1.807) is 25.2 Å². The van der Waals surface area contributed by atoms with E-state index in [2.05, 4.69) is 19.9 Å². The highest BCUT2D eigenvalue weighted by Crippen LogP contribution is 2.72. The zero-order valence-corrected chi connectivity index (χ0v) is 22.4. The second-order valence-corrected chi connectivity index (χ2v) is 11.5. The van der Waals surface area contributed by atoms with Crippen molar-refractivity contribution in [2.24, 2.45) is 16.7 Å². The van der Waals surface area contributed by atoms with Crippen molar-refractivity contribution in [3.63, 3.8) is 0 Å². The topological polar surface area (TPSA) is 121 Å². The van der Waals surface area contributed by atoms with Crippen LogP contribution in [0.25, 0.3) is 0 Å². The van der Waals surface area contributed by atoms with Crippen LogP contribution in [0, 0.1) is 16.7 Å². The molecule has 5 aliphatic rings. The molecular weight excluding hydrogens is 492 g/mol. The summed E-state index contributed by atoms with van der Waals surface area (Å²) in [6.07, 6.45) is 8.97. The van der Waals surface area contributed by atoms with Gasteiger partial charge in [-0.25, -0.2) is 9.59 Å². The number of aliphatic hydroxyl groups is 1. The molecule has 2 spiro atoms. The SMILES string of the molecule is CCC1=CC2OC3CC4OC(=O)/C=C\C=C/CC(=O)OCCC(C)C(O)C(=O)OCC2(CC1)C4(C)C31CO1. The van der Waals surface area contributed by atoms with E-state index in [-0.39, 0.29) is 31.8 Å². The molecule has 9 heteroatoms. The van der Waals surface area contributed by atoms with Crippen LogP contribution in [0.3, 0.4) is 0 Å². The Hall–Kier alpha value is -2.49. The molecule has 1 saturated carbocycles. The van der Waals surface area contributed by atoms with Gasteiger partial charge in [0.25, 0.3) is 0 Å². The maximum atomic E-state index is 13.0. The molecule has 0 aromatic carbocycles. The summed E-state index contributed by atoms with van der Waals surface area (Å²) in [6.45, 7) is 6.48. The van der Waals surface area contributed by atoms with Crippen LogP contribution in [-0.4, -0.2) is 72.9 Å². The molecule has 208 valence electrons. The molecule has 8 atom stereocenters. The Kier molecular flexibility index (Phi) is 7.30. The number of cyclic esters (lactones) is 2. The van der Waals surface area contributed by atoms with Crippen LogP contribution >= 0.6 is 0 Å². The van der Waals surface area contributed by atoms with Gasteiger partial charge in [-0.1, -0.05) is 50.6 Å². The number of esters is 3. The van der Waals surface area contributed by atoms with Gasteiger partial charge in [-0.3, -0.25) is 4.79 Å². The number of rotatable bonds is 1. The normalized spacial score (nSPS) is 45.3. The number of aliphatic hydroxyl groups excluding tert-OH is 1. The fourth-order valence-corrected chi connectivity index (χ4v) is 7.00. The van der Waals surface area contributed by atoms with Crippen molar-refractivity contribution in [3.05, 3.63) is 36.0 Å². The quantitative estimate of drug-likeness (QED) is 0.236. The zero-order chi connectivity index (χ0) is 27.1. The standard InChI is InChI=1S/C29H38O9/c1-4-19-10-12-28-16-35-26(33)25(32)18(2)11-13-34-23(30)8-6-5-7-9-24(31)38-20-15-22(37-21(28)14-19)29(17-36-29)27(20,28)3/h5-7,9,14,18,20-22,25,32H,4,8,10-13,15-17H2,1-3H3/b6-5-,9-7-. The number of carbonyl (C=O) groups excluding carboxylic acids is 3. The van der Waals surface area contributed by atoms with Crippen molar-refractivity contribution >= 4 is 17.9 Å². The van der Waals surface area contributed by atoms with E-state index in [9.17, 15) is 19.5 Å². The molecule has 0 aromatic heterocycles. The van der Waals surface area contributed by atoms with E-state index < -0.39 is 52.5 Å². The molecule has 8 unspecified atom stereocenters. The van der Waals surface area contributed by atoms with Gasteiger partial charge in [0.05, 0.1) is 37.3 Å². The first-order valence-electron chi connectivity index (χ1n) is 13.7. The second kappa shape index (κ2) is 10.2.